The van der Waals surface area contributed by atoms with Crippen LogP contribution in [-0.2, 0) is 27.9 Å². The van der Waals surface area contributed by atoms with Crippen molar-refractivity contribution in [3.63, 3.8) is 0 Å². The molecule has 0 aliphatic carbocycles. The Hall–Kier alpha value is -1.77. The summed E-state index contributed by atoms with van der Waals surface area (Å²) in [5.74, 6) is -0.495. The van der Waals surface area contributed by atoms with E-state index in [1.807, 2.05) is 33.3 Å². The molecule has 0 aromatic carbocycles. The molecule has 3 atom stereocenters. The molecule has 0 heterocycles. The topological polar surface area (TPSA) is 111 Å². The summed E-state index contributed by atoms with van der Waals surface area (Å²) < 4.78 is 30.7. The largest absolute Gasteiger partial charge is 0.472 e. The quantitative estimate of drug-likeness (QED) is 0.0205. The van der Waals surface area contributed by atoms with Crippen molar-refractivity contribution in [3.8, 4) is 0 Å². The zero-order valence-corrected chi connectivity index (χ0v) is 52.9. The van der Waals surface area contributed by atoms with E-state index in [-0.39, 0.29) is 25.1 Å². The van der Waals surface area contributed by atoms with Gasteiger partial charge in [-0.15, -0.1) is 0 Å². The predicted molar refractivity (Wildman–Crippen MR) is 332 cm³/mol. The van der Waals surface area contributed by atoms with E-state index in [9.17, 15) is 19.0 Å². The Bertz CT molecular complexity index is 1410. The van der Waals surface area contributed by atoms with Crippen LogP contribution in [-0.4, -0.2) is 74.3 Å². The normalized spacial score (nSPS) is 13.8. The first kappa shape index (κ1) is 75.2. The van der Waals surface area contributed by atoms with Gasteiger partial charge in [-0.1, -0.05) is 269 Å². The third-order valence-corrected chi connectivity index (χ3v) is 16.0. The van der Waals surface area contributed by atoms with E-state index < -0.39 is 20.0 Å². The summed E-state index contributed by atoms with van der Waals surface area (Å²) in [4.78, 5) is 37.8. The second-order valence-electron chi connectivity index (χ2n) is 24.0. The van der Waals surface area contributed by atoms with Crippen LogP contribution >= 0.6 is 7.82 Å². The molecule has 0 saturated carbocycles. The highest BCUT2D eigenvalue weighted by Crippen LogP contribution is 2.43. The monoisotopic (exact) mass is 1110 g/mol. The van der Waals surface area contributed by atoms with Crippen LogP contribution in [0.3, 0.4) is 0 Å². The van der Waals surface area contributed by atoms with E-state index in [1.165, 1.54) is 238 Å². The first-order valence-electron chi connectivity index (χ1n) is 33.3. The molecule has 0 rings (SSSR count). The fraction of sp³-hybridized carbons (Fsp3) is 0.881. The summed E-state index contributed by atoms with van der Waals surface area (Å²) in [6, 6.07) is -0.846. The fourth-order valence-electron chi connectivity index (χ4n) is 9.87. The van der Waals surface area contributed by atoms with Crippen LogP contribution < -0.4 is 5.32 Å². The lowest BCUT2D eigenvalue weighted by Gasteiger charge is -2.27. The Labute approximate surface area is 478 Å². The van der Waals surface area contributed by atoms with Gasteiger partial charge in [-0.05, 0) is 83.1 Å². The van der Waals surface area contributed by atoms with Gasteiger partial charge in [0.05, 0.1) is 33.8 Å². The van der Waals surface area contributed by atoms with E-state index in [4.69, 9.17) is 13.8 Å². The van der Waals surface area contributed by atoms with Crippen molar-refractivity contribution in [1.82, 2.24) is 5.32 Å². The number of hydrogen-bond donors (Lipinski definition) is 2. The highest BCUT2D eigenvalue weighted by Gasteiger charge is 2.30. The minimum atomic E-state index is -4.45. The van der Waals surface area contributed by atoms with Gasteiger partial charge in [0, 0.05) is 12.8 Å². The summed E-state index contributed by atoms with van der Waals surface area (Å²) in [7, 11) is 1.51. The first-order chi connectivity index (χ1) is 37.4. The molecule has 0 aromatic heterocycles. The number of ether oxygens (including phenoxy) is 1. The smallest absolute Gasteiger partial charge is 0.456 e. The summed E-state index contributed by atoms with van der Waals surface area (Å²) >= 11 is 0. The van der Waals surface area contributed by atoms with E-state index in [0.29, 0.717) is 23.9 Å². The van der Waals surface area contributed by atoms with Crippen molar-refractivity contribution in [1.29, 1.82) is 0 Å². The molecule has 1 amide bonds. The molecule has 10 heteroatoms. The molecule has 9 nitrogen and oxygen atoms in total. The number of phosphoric acid groups is 1. The molecule has 0 bridgehead atoms. The number of nitrogens with one attached hydrogen (secondary N) is 1. The number of esters is 1. The molecule has 0 radical (unpaired) electrons. The third-order valence-electron chi connectivity index (χ3n) is 15.1. The number of nitrogens with zero attached hydrogens (tertiary/aromatic N) is 1. The molecule has 0 fully saturated rings. The van der Waals surface area contributed by atoms with Gasteiger partial charge in [0.2, 0.25) is 5.91 Å². The van der Waals surface area contributed by atoms with Gasteiger partial charge in [0.15, 0.2) is 0 Å². The molecule has 0 spiro atoms. The lowest BCUT2D eigenvalue weighted by Crippen LogP contribution is -2.47. The first-order valence-corrected chi connectivity index (χ1v) is 34.8. The summed E-state index contributed by atoms with van der Waals surface area (Å²) in [6.07, 6.45) is 70.0. The molecule has 0 aromatic rings. The van der Waals surface area contributed by atoms with Crippen molar-refractivity contribution in [2.45, 2.75) is 341 Å². The number of unbranched alkanes of at least 4 members (excludes halogenated alkanes) is 41. The Balaban J connectivity index is 5.11. The number of quaternary nitrogens is 1. The number of carbonyl (C=O) groups excluding carboxylic acids is 2. The summed E-state index contributed by atoms with van der Waals surface area (Å²) in [5.41, 5.74) is 0. The van der Waals surface area contributed by atoms with Crippen LogP contribution in [0.2, 0.25) is 0 Å². The molecular formula is C67H130N2O7P+. The molecule has 77 heavy (non-hydrogen) atoms. The Morgan fingerprint density at radius 2 is 0.753 bits per heavy atom. The maximum absolute atomic E-state index is 13.6. The number of rotatable bonds is 61. The fourth-order valence-corrected chi connectivity index (χ4v) is 10.6. The zero-order valence-electron chi connectivity index (χ0n) is 52.0. The Morgan fingerprint density at radius 1 is 0.442 bits per heavy atom. The van der Waals surface area contributed by atoms with Crippen molar-refractivity contribution in [3.05, 3.63) is 36.5 Å². The second-order valence-corrected chi connectivity index (χ2v) is 25.4. The van der Waals surface area contributed by atoms with Crippen LogP contribution in [0.15, 0.2) is 36.5 Å². The van der Waals surface area contributed by atoms with Crippen LogP contribution in [0.25, 0.3) is 0 Å². The standard InChI is InChI=1S/C67H129N2O7P/c1-7-10-13-16-19-22-25-27-29-31-33-34-36-37-39-41-44-47-50-53-56-59-66(70)68-64(63-75-77(72,73)74-62-61-69(4,5)6)65(58-55-52-49-46-43-24-21-18-15-12-9-3)76-67(71)60-57-54-51-48-45-42-40-38-35-32-30-28-26-23-20-17-14-11-8-2/h27-30,55,58,64-65H,7-26,31-54,56-57,59-63H2,1-6H3,(H-,68,70,72,73)/p+1/b29-27+,30-28+,58-55+. The maximum atomic E-state index is 13.6. The van der Waals surface area contributed by atoms with E-state index in [2.05, 4.69) is 50.4 Å². The number of likely N-dealkylation sites (N-methyl/N-ethyl adjacent to an activating group) is 1. The molecule has 2 N–H and O–H groups in total. The summed E-state index contributed by atoms with van der Waals surface area (Å²) in [6.45, 7) is 7.04. The van der Waals surface area contributed by atoms with Crippen molar-refractivity contribution in [2.24, 2.45) is 0 Å². The molecular weight excluding hydrogens is 976 g/mol. The van der Waals surface area contributed by atoms with Gasteiger partial charge in [-0.2, -0.15) is 0 Å². The van der Waals surface area contributed by atoms with Gasteiger partial charge in [-0.3, -0.25) is 18.6 Å². The maximum Gasteiger partial charge on any atom is 0.472 e. The number of carbonyl (C=O) groups is 2. The Kier molecular flexibility index (Phi) is 56.1. The molecule has 0 saturated heterocycles. The second kappa shape index (κ2) is 57.5. The zero-order chi connectivity index (χ0) is 56.4. The van der Waals surface area contributed by atoms with Crippen molar-refractivity contribution >= 4 is 19.7 Å². The van der Waals surface area contributed by atoms with Gasteiger partial charge >= 0.3 is 13.8 Å². The van der Waals surface area contributed by atoms with Crippen LogP contribution in [0, 0.1) is 0 Å². The average molecular weight is 1110 g/mol. The van der Waals surface area contributed by atoms with Crippen LogP contribution in [0.1, 0.15) is 329 Å². The lowest BCUT2D eigenvalue weighted by atomic mass is 10.0. The van der Waals surface area contributed by atoms with Crippen LogP contribution in [0.4, 0.5) is 0 Å². The average Bonchev–Trinajstić information content (AvgIpc) is 3.39. The van der Waals surface area contributed by atoms with Gasteiger partial charge < -0.3 is 19.4 Å². The van der Waals surface area contributed by atoms with Crippen molar-refractivity contribution in [2.75, 3.05) is 40.9 Å². The molecule has 3 unspecified atom stereocenters. The van der Waals surface area contributed by atoms with Crippen LogP contribution in [0.5, 0.6) is 0 Å². The molecule has 454 valence electrons. The number of allylic oxidation sites excluding steroid dienone is 5. The highest BCUT2D eigenvalue weighted by molar-refractivity contribution is 7.47. The third kappa shape index (κ3) is 58.7. The van der Waals surface area contributed by atoms with E-state index in [1.54, 1.807) is 0 Å². The van der Waals surface area contributed by atoms with E-state index >= 15 is 0 Å². The predicted octanol–water partition coefficient (Wildman–Crippen LogP) is 20.7. The highest BCUT2D eigenvalue weighted by atomic mass is 31.2. The summed E-state index contributed by atoms with van der Waals surface area (Å²) in [5, 5.41) is 3.07. The van der Waals surface area contributed by atoms with E-state index in [0.717, 1.165) is 57.8 Å². The van der Waals surface area contributed by atoms with Crippen molar-refractivity contribution < 1.29 is 37.3 Å². The van der Waals surface area contributed by atoms with Gasteiger partial charge in [0.25, 0.3) is 0 Å². The van der Waals surface area contributed by atoms with Gasteiger partial charge in [-0.25, -0.2) is 4.57 Å². The minimum absolute atomic E-state index is 0.0418. The van der Waals surface area contributed by atoms with Gasteiger partial charge in [0.1, 0.15) is 19.3 Å². The number of amides is 1. The molecule has 0 aliphatic rings. The lowest BCUT2D eigenvalue weighted by molar-refractivity contribution is -0.870. The number of phosphoric ester groups is 1. The SMILES string of the molecule is CCCCCCCC/C=C/CCCCCCCCCCCCCC(=O)NC(COP(=O)(O)OCC[N+](C)(C)C)C(/C=C/CCCCCCCCCCC)OC(=O)CCCCCCCCCCC/C=C/CCCCCCCC. The Morgan fingerprint density at radius 3 is 1.10 bits per heavy atom. The number of hydrogen-bond acceptors (Lipinski definition) is 6. The minimum Gasteiger partial charge on any atom is -0.456 e. The molecule has 0 aliphatic heterocycles.